The minimum Gasteiger partial charge on any atom is -0.338 e. The van der Waals surface area contributed by atoms with Crippen molar-refractivity contribution in [1.29, 1.82) is 0 Å². The van der Waals surface area contributed by atoms with E-state index in [9.17, 15) is 26.2 Å². The lowest BCUT2D eigenvalue weighted by atomic mass is 9.95. The Labute approximate surface area is 251 Å². The van der Waals surface area contributed by atoms with Crippen LogP contribution in [0.3, 0.4) is 0 Å². The van der Waals surface area contributed by atoms with Crippen molar-refractivity contribution in [3.63, 3.8) is 0 Å². The van der Waals surface area contributed by atoms with Crippen LogP contribution >= 0.6 is 24.0 Å². The fourth-order valence-electron chi connectivity index (χ4n) is 4.96. The fourth-order valence-corrected chi connectivity index (χ4v) is 7.63. The van der Waals surface area contributed by atoms with Gasteiger partial charge >= 0.3 is 0 Å². The van der Waals surface area contributed by atoms with Gasteiger partial charge in [0.05, 0.1) is 16.7 Å². The predicted molar refractivity (Wildman–Crippen MR) is 160 cm³/mol. The number of benzene rings is 2. The molecule has 1 aromatic heterocycles. The van der Waals surface area contributed by atoms with Gasteiger partial charge in [-0.3, -0.25) is 14.3 Å². The summed E-state index contributed by atoms with van der Waals surface area (Å²) in [6, 6.07) is 11.7. The monoisotopic (exact) mass is 642 g/mol. The van der Waals surface area contributed by atoms with Gasteiger partial charge in [0.2, 0.25) is 15.9 Å². The molecule has 0 spiro atoms. The summed E-state index contributed by atoms with van der Waals surface area (Å²) in [7, 11) is -8.56. The first-order valence-corrected chi connectivity index (χ1v) is 16.1. The Kier molecular flexibility index (Phi) is 10.6. The number of sulfonamides is 1. The number of rotatable bonds is 8. The summed E-state index contributed by atoms with van der Waals surface area (Å²) in [6.07, 6.45) is 4.23. The molecular weight excluding hydrogens is 611 g/mol. The number of aromatic nitrogens is 1. The second-order valence-electron chi connectivity index (χ2n) is 9.65. The van der Waals surface area contributed by atoms with Crippen molar-refractivity contribution in [2.24, 2.45) is 5.73 Å². The van der Waals surface area contributed by atoms with E-state index in [1.807, 2.05) is 31.2 Å². The van der Waals surface area contributed by atoms with E-state index in [0.29, 0.717) is 16.1 Å². The Hall–Kier alpha value is -2.58. The summed E-state index contributed by atoms with van der Waals surface area (Å²) < 4.78 is 61.2. The van der Waals surface area contributed by atoms with Gasteiger partial charge in [0.15, 0.2) is 0 Å². The van der Waals surface area contributed by atoms with Gasteiger partial charge in [0.1, 0.15) is 6.04 Å². The third-order valence-electron chi connectivity index (χ3n) is 7.02. The van der Waals surface area contributed by atoms with Crippen LogP contribution < -0.4 is 5.73 Å². The molecule has 0 saturated carbocycles. The quantitative estimate of drug-likeness (QED) is 0.354. The molecule has 2 heterocycles. The maximum atomic E-state index is 14.0. The van der Waals surface area contributed by atoms with E-state index in [1.54, 1.807) is 37.5 Å². The largest absolute Gasteiger partial charge is 0.338 e. The van der Waals surface area contributed by atoms with Crippen LogP contribution in [-0.4, -0.2) is 72.9 Å². The van der Waals surface area contributed by atoms with Crippen molar-refractivity contribution in [3.05, 3.63) is 82.6 Å². The summed E-state index contributed by atoms with van der Waals surface area (Å²) in [5.41, 5.74) is 9.71. The lowest BCUT2D eigenvalue weighted by Gasteiger charge is -2.41. The Balaban J connectivity index is 0.00000462. The minimum atomic E-state index is -4.49. The topological polar surface area (TPSA) is 151 Å². The van der Waals surface area contributed by atoms with Crippen LogP contribution in [0.15, 0.2) is 65.8 Å². The predicted octanol–water partition coefficient (Wildman–Crippen LogP) is 3.48. The summed E-state index contributed by atoms with van der Waals surface area (Å²) >= 11 is 6.26. The highest BCUT2D eigenvalue weighted by Crippen LogP contribution is 2.36. The summed E-state index contributed by atoms with van der Waals surface area (Å²) in [5.74, 6) is -1.63. The third-order valence-corrected chi connectivity index (χ3v) is 10.3. The van der Waals surface area contributed by atoms with Crippen LogP contribution in [0.1, 0.15) is 29.7 Å². The molecule has 222 valence electrons. The number of amides is 1. The van der Waals surface area contributed by atoms with Crippen molar-refractivity contribution < 1.29 is 26.2 Å². The molecule has 1 unspecified atom stereocenters. The molecule has 41 heavy (non-hydrogen) atoms. The smallest absolute Gasteiger partial charge is 0.266 e. The van der Waals surface area contributed by atoms with Gasteiger partial charge in [-0.1, -0.05) is 42.8 Å². The number of pyridine rings is 1. The maximum absolute atomic E-state index is 14.0. The minimum absolute atomic E-state index is 0. The normalized spacial score (nSPS) is 17.1. The lowest BCUT2D eigenvalue weighted by molar-refractivity contribution is -0.134. The van der Waals surface area contributed by atoms with Gasteiger partial charge in [0, 0.05) is 37.1 Å². The van der Waals surface area contributed by atoms with Crippen molar-refractivity contribution in [2.45, 2.75) is 37.2 Å². The number of carbonyl (C=O) groups is 1. The molecule has 2 atom stereocenters. The zero-order chi connectivity index (χ0) is 29.2. The van der Waals surface area contributed by atoms with Crippen molar-refractivity contribution in [1.82, 2.24) is 14.2 Å². The van der Waals surface area contributed by atoms with Crippen LogP contribution in [0, 0.1) is 6.92 Å². The number of nitrogens with zero attached hydrogens (tertiary/aromatic N) is 3. The van der Waals surface area contributed by atoms with E-state index >= 15 is 0 Å². The highest BCUT2D eigenvalue weighted by molar-refractivity contribution is 7.89. The molecule has 0 bridgehead atoms. The van der Waals surface area contributed by atoms with Crippen LogP contribution in [0.2, 0.25) is 5.02 Å². The lowest BCUT2D eigenvalue weighted by Crippen LogP contribution is -2.56. The van der Waals surface area contributed by atoms with Gasteiger partial charge in [-0.15, -0.1) is 12.4 Å². The molecule has 1 aliphatic rings. The third kappa shape index (κ3) is 7.26. The molecule has 0 radical (unpaired) electrons. The molecule has 3 N–H and O–H groups in total. The fraction of sp³-hybridized carbons (Fsp3) is 0.333. The molecule has 3 aromatic rings. The van der Waals surface area contributed by atoms with Gasteiger partial charge < -0.3 is 10.6 Å². The van der Waals surface area contributed by atoms with E-state index in [2.05, 4.69) is 4.98 Å². The van der Waals surface area contributed by atoms with E-state index in [0.717, 1.165) is 23.1 Å². The number of hydrogen-bond donors (Lipinski definition) is 2. The summed E-state index contributed by atoms with van der Waals surface area (Å²) in [5, 5.41) is 0.314. The molecule has 1 fully saturated rings. The molecule has 10 nitrogen and oxygen atoms in total. The second-order valence-corrected chi connectivity index (χ2v) is 13.4. The molecule has 1 amide bonds. The maximum Gasteiger partial charge on any atom is 0.266 e. The van der Waals surface area contributed by atoms with Crippen LogP contribution in [-0.2, 0) is 31.4 Å². The molecule has 14 heteroatoms. The Bertz CT molecular complexity index is 1640. The second kappa shape index (κ2) is 13.2. The van der Waals surface area contributed by atoms with Gasteiger partial charge in [-0.05, 0) is 65.4 Å². The summed E-state index contributed by atoms with van der Waals surface area (Å²) in [6.45, 7) is 3.50. The zero-order valence-corrected chi connectivity index (χ0v) is 25.7. The van der Waals surface area contributed by atoms with Crippen molar-refractivity contribution in [2.75, 3.05) is 25.4 Å². The highest BCUT2D eigenvalue weighted by atomic mass is 35.5. The van der Waals surface area contributed by atoms with Crippen LogP contribution in [0.4, 0.5) is 0 Å². The molecular formula is C27H32Cl2N4O6S2. The van der Waals surface area contributed by atoms with Crippen LogP contribution in [0.5, 0.6) is 0 Å². The Morgan fingerprint density at radius 2 is 1.85 bits per heavy atom. The Morgan fingerprint density at radius 3 is 2.54 bits per heavy atom. The number of aryl methyl sites for hydroxylation is 1. The van der Waals surface area contributed by atoms with Crippen LogP contribution in [0.25, 0.3) is 11.1 Å². The van der Waals surface area contributed by atoms with Crippen molar-refractivity contribution >= 4 is 50.1 Å². The number of hydrogen-bond acceptors (Lipinski definition) is 7. The summed E-state index contributed by atoms with van der Waals surface area (Å²) in [4.78, 5) is 18.7. The van der Waals surface area contributed by atoms with Gasteiger partial charge in [-0.2, -0.15) is 12.7 Å². The van der Waals surface area contributed by atoms with E-state index in [4.69, 9.17) is 17.3 Å². The Morgan fingerprint density at radius 1 is 1.15 bits per heavy atom. The number of halogens is 2. The average Bonchev–Trinajstić information content (AvgIpc) is 2.92. The van der Waals surface area contributed by atoms with E-state index in [-0.39, 0.29) is 36.9 Å². The molecule has 4 rings (SSSR count). The first-order chi connectivity index (χ1) is 18.8. The molecule has 2 aromatic carbocycles. The standard InChI is InChI=1S/C27H31ClN4O6S2.ClH/c1-3-19-15-30-11-10-22(19)20-6-4-7-21(14-20)25-16-31(27(33)24(29)17-39(34,35)36)12-13-32(25)40(37,38)26-9-5-8-23(28)18(26)2;/h4-11,14-15,24-25H,3,12-13,16-17,29H2,1-2H3,(H,34,35,36);1H/t24-,25?;/m0./s1. The SMILES string of the molecule is CCc1cnccc1-c1cccc(C2CN(C(=O)[C@@H](N)CS(=O)(=O)O)CCN2S(=O)(=O)c2cccc(Cl)c2C)c1.Cl. The first kappa shape index (κ1) is 32.9. The van der Waals surface area contributed by atoms with E-state index in [1.165, 1.54) is 15.3 Å². The highest BCUT2D eigenvalue weighted by Gasteiger charge is 2.40. The van der Waals surface area contributed by atoms with Gasteiger partial charge in [0.25, 0.3) is 10.1 Å². The first-order valence-electron chi connectivity index (χ1n) is 12.6. The molecule has 0 aliphatic carbocycles. The number of piperazine rings is 1. The molecule has 1 aliphatic heterocycles. The van der Waals surface area contributed by atoms with E-state index < -0.39 is 43.9 Å². The molecule has 1 saturated heterocycles. The number of carbonyl (C=O) groups excluding carboxylic acids is 1. The zero-order valence-electron chi connectivity index (χ0n) is 22.5. The number of nitrogens with two attached hydrogens (primary N) is 1. The van der Waals surface area contributed by atoms with Crippen molar-refractivity contribution in [3.8, 4) is 11.1 Å². The van der Waals surface area contributed by atoms with Gasteiger partial charge in [-0.25, -0.2) is 8.42 Å². The average molecular weight is 644 g/mol.